The first-order chi connectivity index (χ1) is 14.0. The molecular formula is C22H25ClN4O2. The number of amides is 1. The molecule has 0 bridgehead atoms. The average Bonchev–Trinajstić information content (AvgIpc) is 2.68. The molecular weight excluding hydrogens is 388 g/mol. The quantitative estimate of drug-likeness (QED) is 0.583. The smallest absolute Gasteiger partial charge is 0.258 e. The van der Waals surface area contributed by atoms with E-state index in [0.29, 0.717) is 34.0 Å². The Bertz CT molecular complexity index is 1060. The maximum Gasteiger partial charge on any atom is 0.258 e. The highest BCUT2D eigenvalue weighted by Crippen LogP contribution is 2.22. The minimum absolute atomic E-state index is 0.157. The fourth-order valence-electron chi connectivity index (χ4n) is 3.13. The standard InChI is InChI=1S/C22H25ClN4O2/c1-3-4-11-27(14-21(28)25-19-10-9-15(2)12-17(19)23)13-20-24-18-8-6-5-7-16(18)22(29)26-20/h5-10,12H,3-4,11,13-14H2,1-2H3,(H,25,28)(H,24,26,29). The number of nitrogens with one attached hydrogen (secondary N) is 2. The molecule has 0 aliphatic rings. The first-order valence-electron chi connectivity index (χ1n) is 9.72. The lowest BCUT2D eigenvalue weighted by Crippen LogP contribution is -2.34. The van der Waals surface area contributed by atoms with Crippen LogP contribution < -0.4 is 10.9 Å². The van der Waals surface area contributed by atoms with E-state index >= 15 is 0 Å². The number of hydrogen-bond donors (Lipinski definition) is 2. The highest BCUT2D eigenvalue weighted by atomic mass is 35.5. The molecule has 0 spiro atoms. The van der Waals surface area contributed by atoms with Gasteiger partial charge in [-0.15, -0.1) is 0 Å². The predicted molar refractivity (Wildman–Crippen MR) is 117 cm³/mol. The Morgan fingerprint density at radius 2 is 2.03 bits per heavy atom. The zero-order chi connectivity index (χ0) is 20.8. The van der Waals surface area contributed by atoms with Crippen LogP contribution in [0.4, 0.5) is 5.69 Å². The molecule has 7 heteroatoms. The third-order valence-corrected chi connectivity index (χ3v) is 4.94. The van der Waals surface area contributed by atoms with Crippen molar-refractivity contribution in [2.24, 2.45) is 0 Å². The molecule has 2 aromatic carbocycles. The Morgan fingerprint density at radius 1 is 1.24 bits per heavy atom. The third-order valence-electron chi connectivity index (χ3n) is 4.63. The molecule has 29 heavy (non-hydrogen) atoms. The van der Waals surface area contributed by atoms with Crippen LogP contribution in [0.1, 0.15) is 31.2 Å². The van der Waals surface area contributed by atoms with E-state index in [0.717, 1.165) is 24.9 Å². The van der Waals surface area contributed by atoms with Gasteiger partial charge >= 0.3 is 0 Å². The van der Waals surface area contributed by atoms with Crippen molar-refractivity contribution in [3.63, 3.8) is 0 Å². The van der Waals surface area contributed by atoms with Crippen LogP contribution in [0.3, 0.4) is 0 Å². The first kappa shape index (κ1) is 21.0. The van der Waals surface area contributed by atoms with Crippen molar-refractivity contribution in [3.05, 3.63) is 69.2 Å². The molecule has 0 radical (unpaired) electrons. The maximum atomic E-state index is 12.6. The van der Waals surface area contributed by atoms with Crippen LogP contribution in [0.2, 0.25) is 5.02 Å². The van der Waals surface area contributed by atoms with Crippen LogP contribution in [-0.2, 0) is 11.3 Å². The summed E-state index contributed by atoms with van der Waals surface area (Å²) in [4.78, 5) is 34.3. The minimum Gasteiger partial charge on any atom is -0.324 e. The molecule has 0 unspecified atom stereocenters. The third kappa shape index (κ3) is 5.65. The monoisotopic (exact) mass is 412 g/mol. The Kier molecular flexibility index (Phi) is 7.01. The van der Waals surface area contributed by atoms with Crippen LogP contribution in [0.5, 0.6) is 0 Å². The zero-order valence-electron chi connectivity index (χ0n) is 16.7. The van der Waals surface area contributed by atoms with Crippen molar-refractivity contribution in [3.8, 4) is 0 Å². The lowest BCUT2D eigenvalue weighted by atomic mass is 10.2. The molecule has 3 aromatic rings. The molecule has 0 atom stereocenters. The van der Waals surface area contributed by atoms with E-state index in [-0.39, 0.29) is 18.0 Å². The predicted octanol–water partition coefficient (Wildman–Crippen LogP) is 4.13. The summed E-state index contributed by atoms with van der Waals surface area (Å²) in [6, 6.07) is 12.7. The van der Waals surface area contributed by atoms with Crippen LogP contribution in [-0.4, -0.2) is 33.9 Å². The highest BCUT2D eigenvalue weighted by Gasteiger charge is 2.14. The molecule has 1 amide bonds. The van der Waals surface area contributed by atoms with Gasteiger partial charge in [0.1, 0.15) is 5.82 Å². The van der Waals surface area contributed by atoms with Gasteiger partial charge in [-0.3, -0.25) is 14.5 Å². The van der Waals surface area contributed by atoms with Gasteiger partial charge in [-0.1, -0.05) is 43.1 Å². The van der Waals surface area contributed by atoms with Crippen molar-refractivity contribution in [1.82, 2.24) is 14.9 Å². The number of nitrogens with zero attached hydrogens (tertiary/aromatic N) is 2. The number of fused-ring (bicyclic) bond motifs is 1. The van der Waals surface area contributed by atoms with E-state index in [4.69, 9.17) is 11.6 Å². The second kappa shape index (κ2) is 9.67. The summed E-state index contributed by atoms with van der Waals surface area (Å²) in [5, 5.41) is 3.94. The first-order valence-corrected chi connectivity index (χ1v) is 10.1. The number of unbranched alkanes of at least 4 members (excludes halogenated alkanes) is 1. The van der Waals surface area contributed by atoms with Gasteiger partial charge < -0.3 is 10.3 Å². The Labute approximate surface area is 174 Å². The van der Waals surface area contributed by atoms with E-state index in [2.05, 4.69) is 22.2 Å². The Morgan fingerprint density at radius 3 is 2.79 bits per heavy atom. The number of halogens is 1. The van der Waals surface area contributed by atoms with Crippen LogP contribution in [0, 0.1) is 6.92 Å². The van der Waals surface area contributed by atoms with Gasteiger partial charge in [-0.2, -0.15) is 0 Å². The maximum absolute atomic E-state index is 12.6. The topological polar surface area (TPSA) is 78.1 Å². The number of H-pyrrole nitrogens is 1. The summed E-state index contributed by atoms with van der Waals surface area (Å²) in [5.74, 6) is 0.390. The van der Waals surface area contributed by atoms with E-state index in [1.807, 2.05) is 42.2 Å². The van der Waals surface area contributed by atoms with Crippen molar-refractivity contribution in [2.45, 2.75) is 33.2 Å². The van der Waals surface area contributed by atoms with Gasteiger partial charge in [0.15, 0.2) is 0 Å². The number of carbonyl (C=O) groups is 1. The number of para-hydroxylation sites is 1. The lowest BCUT2D eigenvalue weighted by molar-refractivity contribution is -0.117. The van der Waals surface area contributed by atoms with Crippen LogP contribution in [0.25, 0.3) is 10.9 Å². The zero-order valence-corrected chi connectivity index (χ0v) is 17.4. The summed E-state index contributed by atoms with van der Waals surface area (Å²) >= 11 is 6.22. The molecule has 1 aromatic heterocycles. The average molecular weight is 413 g/mol. The molecule has 0 aliphatic heterocycles. The molecule has 0 saturated heterocycles. The molecule has 152 valence electrons. The number of hydrogen-bond acceptors (Lipinski definition) is 4. The second-order valence-electron chi connectivity index (χ2n) is 7.13. The Hall–Kier alpha value is -2.70. The van der Waals surface area contributed by atoms with Crippen LogP contribution in [0.15, 0.2) is 47.3 Å². The molecule has 0 fully saturated rings. The minimum atomic E-state index is -0.170. The molecule has 1 heterocycles. The summed E-state index contributed by atoms with van der Waals surface area (Å²) in [6.07, 6.45) is 1.94. The van der Waals surface area contributed by atoms with Crippen molar-refractivity contribution >= 4 is 34.1 Å². The molecule has 0 aliphatic carbocycles. The van der Waals surface area contributed by atoms with Gasteiger partial charge in [0.25, 0.3) is 5.56 Å². The number of benzene rings is 2. The highest BCUT2D eigenvalue weighted by molar-refractivity contribution is 6.33. The summed E-state index contributed by atoms with van der Waals surface area (Å²) in [5.41, 5.74) is 2.10. The lowest BCUT2D eigenvalue weighted by Gasteiger charge is -2.21. The molecule has 3 rings (SSSR count). The van der Waals surface area contributed by atoms with E-state index < -0.39 is 0 Å². The molecule has 2 N–H and O–H groups in total. The number of aromatic nitrogens is 2. The normalized spacial score (nSPS) is 11.2. The number of aromatic amines is 1. The van der Waals surface area contributed by atoms with Gasteiger partial charge in [0.05, 0.1) is 34.7 Å². The van der Waals surface area contributed by atoms with E-state index in [9.17, 15) is 9.59 Å². The van der Waals surface area contributed by atoms with Gasteiger partial charge in [-0.25, -0.2) is 4.98 Å². The van der Waals surface area contributed by atoms with Crippen molar-refractivity contribution in [1.29, 1.82) is 0 Å². The largest absolute Gasteiger partial charge is 0.324 e. The van der Waals surface area contributed by atoms with Gasteiger partial charge in [0.2, 0.25) is 5.91 Å². The number of anilines is 1. The van der Waals surface area contributed by atoms with Crippen molar-refractivity contribution in [2.75, 3.05) is 18.4 Å². The van der Waals surface area contributed by atoms with Crippen LogP contribution >= 0.6 is 11.6 Å². The summed E-state index contributed by atoms with van der Waals surface area (Å²) in [6.45, 7) is 5.33. The van der Waals surface area contributed by atoms with E-state index in [1.165, 1.54) is 0 Å². The fraction of sp³-hybridized carbons (Fsp3) is 0.318. The number of aryl methyl sites for hydroxylation is 1. The number of carbonyl (C=O) groups excluding carboxylic acids is 1. The fourth-order valence-corrected chi connectivity index (χ4v) is 3.41. The van der Waals surface area contributed by atoms with Gasteiger partial charge in [0, 0.05) is 0 Å². The second-order valence-corrected chi connectivity index (χ2v) is 7.53. The SMILES string of the molecule is CCCCN(CC(=O)Nc1ccc(C)cc1Cl)Cc1nc2ccccc2c(=O)[nH]1. The number of rotatable bonds is 8. The Balaban J connectivity index is 1.74. The van der Waals surface area contributed by atoms with E-state index in [1.54, 1.807) is 12.1 Å². The van der Waals surface area contributed by atoms with Gasteiger partial charge in [-0.05, 0) is 49.7 Å². The summed E-state index contributed by atoms with van der Waals surface area (Å²) < 4.78 is 0. The molecule has 6 nitrogen and oxygen atoms in total. The summed E-state index contributed by atoms with van der Waals surface area (Å²) in [7, 11) is 0. The molecule has 0 saturated carbocycles. The van der Waals surface area contributed by atoms with Crippen molar-refractivity contribution < 1.29 is 4.79 Å².